The standard InChI is InChI=1S/C17H17F3N2OS/c1-3-24-15-10-12(8-9-21-15)16(23)22(2)11-13-6-4-5-7-14(13)17(18,19)20/h4-10H,3,11H2,1-2H3. The van der Waals surface area contributed by atoms with E-state index in [1.54, 1.807) is 12.1 Å². The summed E-state index contributed by atoms with van der Waals surface area (Å²) in [5.74, 6) is 0.478. The third-order valence-electron chi connectivity index (χ3n) is 3.35. The molecule has 1 aromatic carbocycles. The first-order valence-electron chi connectivity index (χ1n) is 7.32. The molecule has 24 heavy (non-hydrogen) atoms. The number of alkyl halides is 3. The Morgan fingerprint density at radius 3 is 2.62 bits per heavy atom. The molecule has 3 nitrogen and oxygen atoms in total. The highest BCUT2D eigenvalue weighted by Gasteiger charge is 2.33. The minimum absolute atomic E-state index is 0.0677. The van der Waals surface area contributed by atoms with Gasteiger partial charge in [0.05, 0.1) is 10.6 Å². The smallest absolute Gasteiger partial charge is 0.337 e. The number of rotatable bonds is 5. The minimum Gasteiger partial charge on any atom is -0.337 e. The summed E-state index contributed by atoms with van der Waals surface area (Å²) in [7, 11) is 1.49. The van der Waals surface area contributed by atoms with E-state index in [4.69, 9.17) is 0 Å². The Balaban J connectivity index is 2.20. The number of benzene rings is 1. The molecule has 7 heteroatoms. The summed E-state index contributed by atoms with van der Waals surface area (Å²) < 4.78 is 39.1. The Morgan fingerprint density at radius 2 is 1.96 bits per heavy atom. The number of pyridine rings is 1. The van der Waals surface area contributed by atoms with E-state index in [-0.39, 0.29) is 18.0 Å². The fourth-order valence-corrected chi connectivity index (χ4v) is 2.89. The molecule has 0 aliphatic rings. The van der Waals surface area contributed by atoms with E-state index in [1.165, 1.54) is 48.1 Å². The van der Waals surface area contributed by atoms with Crippen molar-refractivity contribution in [3.63, 3.8) is 0 Å². The van der Waals surface area contributed by atoms with Crippen LogP contribution in [0.15, 0.2) is 47.6 Å². The first-order chi connectivity index (χ1) is 11.3. The lowest BCUT2D eigenvalue weighted by Crippen LogP contribution is -2.27. The predicted octanol–water partition coefficient (Wildman–Crippen LogP) is 4.48. The molecular weight excluding hydrogens is 337 g/mol. The molecule has 0 N–H and O–H groups in total. The average molecular weight is 354 g/mol. The summed E-state index contributed by atoms with van der Waals surface area (Å²) in [6, 6.07) is 8.50. The monoisotopic (exact) mass is 354 g/mol. The molecule has 1 amide bonds. The molecule has 1 aromatic heterocycles. The second-order valence-corrected chi connectivity index (χ2v) is 6.42. The summed E-state index contributed by atoms with van der Waals surface area (Å²) in [5.41, 5.74) is -0.243. The molecule has 0 bridgehead atoms. The second kappa shape index (κ2) is 7.70. The van der Waals surface area contributed by atoms with Gasteiger partial charge in [-0.15, -0.1) is 11.8 Å². The highest BCUT2D eigenvalue weighted by Crippen LogP contribution is 2.32. The van der Waals surface area contributed by atoms with Crippen LogP contribution in [0.5, 0.6) is 0 Å². The van der Waals surface area contributed by atoms with Gasteiger partial charge in [-0.05, 0) is 29.5 Å². The van der Waals surface area contributed by atoms with Gasteiger partial charge in [0.1, 0.15) is 0 Å². The van der Waals surface area contributed by atoms with Crippen LogP contribution >= 0.6 is 11.8 Å². The van der Waals surface area contributed by atoms with Crippen LogP contribution in [-0.2, 0) is 12.7 Å². The maximum absolute atomic E-state index is 13.0. The first-order valence-corrected chi connectivity index (χ1v) is 8.31. The molecule has 0 saturated carbocycles. The van der Waals surface area contributed by atoms with Crippen LogP contribution in [-0.4, -0.2) is 28.6 Å². The van der Waals surface area contributed by atoms with E-state index in [0.29, 0.717) is 10.6 Å². The molecule has 0 radical (unpaired) electrons. The Kier molecular flexibility index (Phi) is 5.88. The molecule has 0 unspecified atom stereocenters. The van der Waals surface area contributed by atoms with Gasteiger partial charge in [0.2, 0.25) is 0 Å². The van der Waals surface area contributed by atoms with Crippen molar-refractivity contribution in [2.45, 2.75) is 24.7 Å². The summed E-state index contributed by atoms with van der Waals surface area (Å²) in [6.07, 6.45) is -2.91. The van der Waals surface area contributed by atoms with Gasteiger partial charge < -0.3 is 4.90 Å². The van der Waals surface area contributed by atoms with Crippen molar-refractivity contribution >= 4 is 17.7 Å². The van der Waals surface area contributed by atoms with Crippen molar-refractivity contribution in [3.8, 4) is 0 Å². The molecule has 0 fully saturated rings. The molecule has 2 rings (SSSR count). The molecule has 0 saturated heterocycles. The SMILES string of the molecule is CCSc1cc(C(=O)N(C)Cc2ccccc2C(F)(F)F)ccn1. The number of amides is 1. The number of aromatic nitrogens is 1. The number of halogens is 3. The van der Waals surface area contributed by atoms with E-state index < -0.39 is 11.7 Å². The summed E-state index contributed by atoms with van der Waals surface area (Å²) in [4.78, 5) is 17.9. The molecular formula is C17H17F3N2OS. The minimum atomic E-state index is -4.44. The molecule has 0 aliphatic carbocycles. The second-order valence-electron chi connectivity index (χ2n) is 5.13. The highest BCUT2D eigenvalue weighted by atomic mass is 32.2. The molecule has 0 atom stereocenters. The lowest BCUT2D eigenvalue weighted by Gasteiger charge is -2.20. The van der Waals surface area contributed by atoms with Crippen LogP contribution in [0.4, 0.5) is 13.2 Å². The number of carbonyl (C=O) groups is 1. The molecule has 0 spiro atoms. The van der Waals surface area contributed by atoms with Gasteiger partial charge in [0, 0.05) is 25.4 Å². The van der Waals surface area contributed by atoms with Crippen molar-refractivity contribution in [2.24, 2.45) is 0 Å². The molecule has 1 heterocycles. The van der Waals surface area contributed by atoms with Gasteiger partial charge in [-0.2, -0.15) is 13.2 Å². The summed E-state index contributed by atoms with van der Waals surface area (Å²) in [5, 5.41) is 0.715. The summed E-state index contributed by atoms with van der Waals surface area (Å²) >= 11 is 1.50. The number of hydrogen-bond donors (Lipinski definition) is 0. The van der Waals surface area contributed by atoms with Gasteiger partial charge in [-0.1, -0.05) is 25.1 Å². The topological polar surface area (TPSA) is 33.2 Å². The average Bonchev–Trinajstić information content (AvgIpc) is 2.54. The van der Waals surface area contributed by atoms with Gasteiger partial charge in [0.25, 0.3) is 5.91 Å². The van der Waals surface area contributed by atoms with Crippen LogP contribution in [0, 0.1) is 0 Å². The van der Waals surface area contributed by atoms with Gasteiger partial charge in [0.15, 0.2) is 0 Å². The summed E-state index contributed by atoms with van der Waals surface area (Å²) in [6.45, 7) is 1.86. The Morgan fingerprint density at radius 1 is 1.25 bits per heavy atom. The lowest BCUT2D eigenvalue weighted by molar-refractivity contribution is -0.138. The first kappa shape index (κ1) is 18.3. The van der Waals surface area contributed by atoms with E-state index in [1.807, 2.05) is 6.92 Å². The predicted molar refractivity (Wildman–Crippen MR) is 87.9 cm³/mol. The highest BCUT2D eigenvalue weighted by molar-refractivity contribution is 7.99. The third kappa shape index (κ3) is 4.50. The molecule has 0 aliphatic heterocycles. The van der Waals surface area contributed by atoms with Gasteiger partial charge >= 0.3 is 6.18 Å². The molecule has 2 aromatic rings. The van der Waals surface area contributed by atoms with Gasteiger partial charge in [-0.3, -0.25) is 4.79 Å². The lowest BCUT2D eigenvalue weighted by atomic mass is 10.1. The maximum Gasteiger partial charge on any atom is 0.416 e. The number of carbonyl (C=O) groups excluding carboxylic acids is 1. The van der Waals surface area contributed by atoms with E-state index in [2.05, 4.69) is 4.98 Å². The van der Waals surface area contributed by atoms with Crippen LogP contribution in [0.25, 0.3) is 0 Å². The fraction of sp³-hybridized carbons (Fsp3) is 0.294. The quantitative estimate of drug-likeness (QED) is 0.742. The zero-order valence-corrected chi connectivity index (χ0v) is 14.1. The largest absolute Gasteiger partial charge is 0.416 e. The van der Waals surface area contributed by atoms with Crippen molar-refractivity contribution < 1.29 is 18.0 Å². The third-order valence-corrected chi connectivity index (χ3v) is 4.16. The van der Waals surface area contributed by atoms with Crippen molar-refractivity contribution in [1.82, 2.24) is 9.88 Å². The Bertz CT molecular complexity index is 719. The normalized spacial score (nSPS) is 11.4. The number of hydrogen-bond acceptors (Lipinski definition) is 3. The van der Waals surface area contributed by atoms with Crippen molar-refractivity contribution in [3.05, 3.63) is 59.3 Å². The van der Waals surface area contributed by atoms with Crippen LogP contribution < -0.4 is 0 Å². The zero-order valence-electron chi connectivity index (χ0n) is 13.3. The van der Waals surface area contributed by atoms with E-state index in [0.717, 1.165) is 11.8 Å². The molecule has 128 valence electrons. The number of thioether (sulfide) groups is 1. The van der Waals surface area contributed by atoms with Gasteiger partial charge in [-0.25, -0.2) is 4.98 Å². The van der Waals surface area contributed by atoms with Crippen LogP contribution in [0.1, 0.15) is 28.4 Å². The van der Waals surface area contributed by atoms with Crippen molar-refractivity contribution in [1.29, 1.82) is 0 Å². The Hall–Kier alpha value is -2.02. The number of nitrogens with zero attached hydrogens (tertiary/aromatic N) is 2. The van der Waals surface area contributed by atoms with E-state index in [9.17, 15) is 18.0 Å². The van der Waals surface area contributed by atoms with Crippen LogP contribution in [0.3, 0.4) is 0 Å². The van der Waals surface area contributed by atoms with Crippen molar-refractivity contribution in [2.75, 3.05) is 12.8 Å². The zero-order chi connectivity index (χ0) is 17.7. The fourth-order valence-electron chi connectivity index (χ4n) is 2.25. The maximum atomic E-state index is 13.0. The Labute approximate surface area is 142 Å². The van der Waals surface area contributed by atoms with E-state index >= 15 is 0 Å². The van der Waals surface area contributed by atoms with Crippen LogP contribution in [0.2, 0.25) is 0 Å².